The first-order valence-electron chi connectivity index (χ1n) is 5.10. The standard InChI is InChI=1S/C9H14F3N3O2S/c1-6-8(7(2)14-13-6)18(16,17)15(3)5-4-9(10,11)12/h4-5H2,1-3H3,(H,13,14). The fourth-order valence-corrected chi connectivity index (χ4v) is 2.98. The van der Waals surface area contributed by atoms with E-state index in [-0.39, 0.29) is 10.6 Å². The third kappa shape index (κ3) is 3.22. The molecule has 0 bridgehead atoms. The van der Waals surface area contributed by atoms with Crippen LogP contribution in [-0.2, 0) is 10.0 Å². The van der Waals surface area contributed by atoms with Gasteiger partial charge >= 0.3 is 6.18 Å². The Labute approximate surface area is 103 Å². The lowest BCUT2D eigenvalue weighted by Gasteiger charge is -2.18. The van der Waals surface area contributed by atoms with E-state index in [9.17, 15) is 21.6 Å². The zero-order valence-electron chi connectivity index (χ0n) is 10.2. The van der Waals surface area contributed by atoms with E-state index in [2.05, 4.69) is 10.2 Å². The summed E-state index contributed by atoms with van der Waals surface area (Å²) < 4.78 is 61.0. The SMILES string of the molecule is Cc1n[nH]c(C)c1S(=O)(=O)N(C)CCC(F)(F)F. The summed E-state index contributed by atoms with van der Waals surface area (Å²) in [6.45, 7) is 2.37. The molecule has 1 rings (SSSR count). The molecule has 0 aliphatic heterocycles. The number of alkyl halides is 3. The van der Waals surface area contributed by atoms with Crippen molar-refractivity contribution in [3.63, 3.8) is 0 Å². The predicted octanol–water partition coefficient (Wildman–Crippen LogP) is 1.60. The lowest BCUT2D eigenvalue weighted by Crippen LogP contribution is -2.31. The van der Waals surface area contributed by atoms with Gasteiger partial charge in [0.15, 0.2) is 0 Å². The molecular weight excluding hydrogens is 271 g/mol. The average molecular weight is 285 g/mol. The zero-order valence-corrected chi connectivity index (χ0v) is 11.0. The Morgan fingerprint density at radius 3 is 2.28 bits per heavy atom. The molecule has 0 radical (unpaired) electrons. The van der Waals surface area contributed by atoms with Crippen LogP contribution in [0.3, 0.4) is 0 Å². The molecule has 18 heavy (non-hydrogen) atoms. The molecule has 0 fully saturated rings. The van der Waals surface area contributed by atoms with Gasteiger partial charge < -0.3 is 0 Å². The second kappa shape index (κ2) is 4.88. The minimum atomic E-state index is -4.38. The quantitative estimate of drug-likeness (QED) is 0.913. The van der Waals surface area contributed by atoms with Gasteiger partial charge in [-0.25, -0.2) is 12.7 Å². The minimum absolute atomic E-state index is 0.0628. The van der Waals surface area contributed by atoms with Crippen molar-refractivity contribution in [2.24, 2.45) is 0 Å². The lowest BCUT2D eigenvalue weighted by molar-refractivity contribution is -0.135. The smallest absolute Gasteiger partial charge is 0.281 e. The Morgan fingerprint density at radius 1 is 1.33 bits per heavy atom. The highest BCUT2D eigenvalue weighted by Crippen LogP contribution is 2.24. The molecular formula is C9H14F3N3O2S. The van der Waals surface area contributed by atoms with Crippen LogP contribution in [0, 0.1) is 13.8 Å². The summed E-state index contributed by atoms with van der Waals surface area (Å²) in [6.07, 6.45) is -5.57. The molecule has 0 aliphatic rings. The first-order valence-corrected chi connectivity index (χ1v) is 6.54. The Morgan fingerprint density at radius 2 is 1.89 bits per heavy atom. The summed E-state index contributed by atoms with van der Waals surface area (Å²) in [5, 5.41) is 6.21. The van der Waals surface area contributed by atoms with Crippen LogP contribution in [-0.4, -0.2) is 42.7 Å². The van der Waals surface area contributed by atoms with E-state index in [1.165, 1.54) is 13.8 Å². The van der Waals surface area contributed by atoms with E-state index < -0.39 is 29.2 Å². The average Bonchev–Trinajstić information content (AvgIpc) is 2.54. The lowest BCUT2D eigenvalue weighted by atomic mass is 10.4. The largest absolute Gasteiger partial charge is 0.390 e. The molecule has 1 N–H and O–H groups in total. The van der Waals surface area contributed by atoms with Crippen molar-refractivity contribution >= 4 is 10.0 Å². The molecule has 0 saturated heterocycles. The van der Waals surface area contributed by atoms with Crippen molar-refractivity contribution in [1.82, 2.24) is 14.5 Å². The van der Waals surface area contributed by atoms with Crippen LogP contribution in [0.2, 0.25) is 0 Å². The summed E-state index contributed by atoms with van der Waals surface area (Å²) in [5.41, 5.74) is 0.553. The van der Waals surface area contributed by atoms with Crippen LogP contribution < -0.4 is 0 Å². The van der Waals surface area contributed by atoms with E-state index in [1.54, 1.807) is 0 Å². The Balaban J connectivity index is 2.94. The first kappa shape index (κ1) is 15.0. The van der Waals surface area contributed by atoms with Gasteiger partial charge in [-0.3, -0.25) is 5.10 Å². The van der Waals surface area contributed by atoms with Crippen molar-refractivity contribution < 1.29 is 21.6 Å². The van der Waals surface area contributed by atoms with Gasteiger partial charge in [0.25, 0.3) is 0 Å². The van der Waals surface area contributed by atoms with Crippen molar-refractivity contribution in [3.05, 3.63) is 11.4 Å². The summed E-state index contributed by atoms with van der Waals surface area (Å²) in [4.78, 5) is -0.0628. The molecule has 5 nitrogen and oxygen atoms in total. The molecule has 0 aliphatic carbocycles. The molecule has 0 atom stereocenters. The second-order valence-corrected chi connectivity index (χ2v) is 5.94. The molecule has 104 valence electrons. The molecule has 9 heteroatoms. The van der Waals surface area contributed by atoms with Gasteiger partial charge in [0.05, 0.1) is 17.8 Å². The van der Waals surface area contributed by atoms with Gasteiger partial charge in [0, 0.05) is 13.6 Å². The van der Waals surface area contributed by atoms with Gasteiger partial charge in [0.2, 0.25) is 10.0 Å². The third-order valence-corrected chi connectivity index (χ3v) is 4.56. The first-order chi connectivity index (χ1) is 8.05. The number of nitrogens with one attached hydrogen (secondary N) is 1. The van der Waals surface area contributed by atoms with Gasteiger partial charge in [-0.05, 0) is 13.8 Å². The van der Waals surface area contributed by atoms with Crippen LogP contribution in [0.5, 0.6) is 0 Å². The number of H-pyrrole nitrogens is 1. The number of aryl methyl sites for hydroxylation is 2. The topological polar surface area (TPSA) is 66.1 Å². The Kier molecular flexibility index (Phi) is 4.06. The summed E-state index contributed by atoms with van der Waals surface area (Å²) in [6, 6.07) is 0. The highest BCUT2D eigenvalue weighted by atomic mass is 32.2. The van der Waals surface area contributed by atoms with Gasteiger partial charge in [-0.15, -0.1) is 0 Å². The fraction of sp³-hybridized carbons (Fsp3) is 0.667. The van der Waals surface area contributed by atoms with Crippen LogP contribution >= 0.6 is 0 Å². The summed E-state index contributed by atoms with van der Waals surface area (Å²) >= 11 is 0. The molecule has 1 heterocycles. The highest BCUT2D eigenvalue weighted by molar-refractivity contribution is 7.89. The number of hydrogen-bond acceptors (Lipinski definition) is 3. The number of sulfonamides is 1. The monoisotopic (exact) mass is 285 g/mol. The van der Waals surface area contributed by atoms with Gasteiger partial charge in [0.1, 0.15) is 4.90 Å². The third-order valence-electron chi connectivity index (χ3n) is 2.44. The molecule has 0 aromatic carbocycles. The van der Waals surface area contributed by atoms with Gasteiger partial charge in [-0.2, -0.15) is 18.3 Å². The highest BCUT2D eigenvalue weighted by Gasteiger charge is 2.32. The van der Waals surface area contributed by atoms with Crippen LogP contribution in [0.4, 0.5) is 13.2 Å². The zero-order chi connectivity index (χ0) is 14.1. The Bertz CT molecular complexity index is 502. The number of nitrogens with zero attached hydrogens (tertiary/aromatic N) is 2. The molecule has 1 aromatic heterocycles. The number of halogens is 3. The Hall–Kier alpha value is -1.09. The van der Waals surface area contributed by atoms with Crippen molar-refractivity contribution in [1.29, 1.82) is 0 Å². The van der Waals surface area contributed by atoms with Crippen molar-refractivity contribution in [2.75, 3.05) is 13.6 Å². The number of aromatic nitrogens is 2. The van der Waals surface area contributed by atoms with E-state index in [1.807, 2.05) is 0 Å². The minimum Gasteiger partial charge on any atom is -0.281 e. The summed E-state index contributed by atoms with van der Waals surface area (Å²) in [5.74, 6) is 0. The maximum atomic E-state index is 12.1. The van der Waals surface area contributed by atoms with Crippen molar-refractivity contribution in [2.45, 2.75) is 31.3 Å². The number of hydrogen-bond donors (Lipinski definition) is 1. The normalized spacial score (nSPS) is 13.3. The fourth-order valence-electron chi connectivity index (χ4n) is 1.48. The number of aromatic amines is 1. The predicted molar refractivity (Wildman–Crippen MR) is 58.5 cm³/mol. The van der Waals surface area contributed by atoms with E-state index in [4.69, 9.17) is 0 Å². The van der Waals surface area contributed by atoms with Gasteiger partial charge in [-0.1, -0.05) is 0 Å². The molecule has 0 spiro atoms. The molecule has 0 amide bonds. The van der Waals surface area contributed by atoms with Crippen LogP contribution in [0.25, 0.3) is 0 Å². The van der Waals surface area contributed by atoms with Crippen molar-refractivity contribution in [3.8, 4) is 0 Å². The second-order valence-electron chi connectivity index (χ2n) is 3.95. The summed E-state index contributed by atoms with van der Waals surface area (Å²) in [7, 11) is -2.82. The van der Waals surface area contributed by atoms with E-state index in [0.717, 1.165) is 7.05 Å². The molecule has 0 unspecified atom stereocenters. The van der Waals surface area contributed by atoms with Crippen LogP contribution in [0.15, 0.2) is 4.90 Å². The van der Waals surface area contributed by atoms with E-state index in [0.29, 0.717) is 10.00 Å². The maximum Gasteiger partial charge on any atom is 0.390 e. The van der Waals surface area contributed by atoms with E-state index >= 15 is 0 Å². The number of rotatable bonds is 4. The maximum absolute atomic E-state index is 12.1. The van der Waals surface area contributed by atoms with Crippen LogP contribution in [0.1, 0.15) is 17.8 Å². The molecule has 0 saturated carbocycles. The molecule has 1 aromatic rings.